The van der Waals surface area contributed by atoms with E-state index in [0.717, 1.165) is 17.6 Å². The quantitative estimate of drug-likeness (QED) is 0.848. The van der Waals surface area contributed by atoms with Crippen LogP contribution in [0.4, 0.5) is 0 Å². The van der Waals surface area contributed by atoms with Gasteiger partial charge in [0, 0.05) is 29.7 Å². The van der Waals surface area contributed by atoms with Crippen molar-refractivity contribution < 1.29 is 0 Å². The summed E-state index contributed by atoms with van der Waals surface area (Å²) in [5, 5.41) is 4.40. The molecular weight excluding hydrogens is 244 g/mol. The molecule has 1 fully saturated rings. The number of hydrogen-bond acceptors (Lipinski definition) is 2. The predicted octanol–water partition coefficient (Wildman–Crippen LogP) is 3.47. The average Bonchev–Trinajstić information content (AvgIpc) is 3.19. The Bertz CT molecular complexity index is 373. The number of likely N-dealkylation sites (N-methyl/N-ethyl adjacent to an activating group) is 1. The SMILES string of the molecule is CC(NCC(C)N(C)C1CC1)c1ccc(Cl)cc1. The summed E-state index contributed by atoms with van der Waals surface area (Å²) < 4.78 is 0. The molecule has 1 N–H and O–H groups in total. The summed E-state index contributed by atoms with van der Waals surface area (Å²) in [7, 11) is 2.23. The zero-order chi connectivity index (χ0) is 13.1. The van der Waals surface area contributed by atoms with Crippen molar-refractivity contribution in [2.45, 2.75) is 44.8 Å². The first-order valence-corrected chi connectivity index (χ1v) is 7.16. The summed E-state index contributed by atoms with van der Waals surface area (Å²) in [6.45, 7) is 5.52. The number of benzene rings is 1. The minimum atomic E-state index is 0.373. The van der Waals surface area contributed by atoms with Gasteiger partial charge in [-0.15, -0.1) is 0 Å². The van der Waals surface area contributed by atoms with E-state index >= 15 is 0 Å². The van der Waals surface area contributed by atoms with E-state index in [-0.39, 0.29) is 0 Å². The predicted molar refractivity (Wildman–Crippen MR) is 78.1 cm³/mol. The second-order valence-electron chi connectivity index (χ2n) is 5.43. The van der Waals surface area contributed by atoms with Crippen LogP contribution in [0.5, 0.6) is 0 Å². The minimum absolute atomic E-state index is 0.373. The molecule has 2 unspecified atom stereocenters. The number of hydrogen-bond donors (Lipinski definition) is 1. The summed E-state index contributed by atoms with van der Waals surface area (Å²) in [6.07, 6.45) is 2.74. The lowest BCUT2D eigenvalue weighted by Gasteiger charge is -2.26. The highest BCUT2D eigenvalue weighted by atomic mass is 35.5. The van der Waals surface area contributed by atoms with Gasteiger partial charge in [-0.3, -0.25) is 4.90 Å². The molecule has 2 atom stereocenters. The zero-order valence-electron chi connectivity index (χ0n) is 11.5. The Balaban J connectivity index is 1.80. The maximum Gasteiger partial charge on any atom is 0.0406 e. The van der Waals surface area contributed by atoms with Crippen LogP contribution in [0, 0.1) is 0 Å². The highest BCUT2D eigenvalue weighted by Gasteiger charge is 2.28. The molecule has 1 aliphatic rings. The first kappa shape index (κ1) is 13.9. The summed E-state index contributed by atoms with van der Waals surface area (Å²) >= 11 is 5.90. The molecule has 0 spiro atoms. The van der Waals surface area contributed by atoms with E-state index in [9.17, 15) is 0 Å². The lowest BCUT2D eigenvalue weighted by Crippen LogP contribution is -2.39. The molecule has 18 heavy (non-hydrogen) atoms. The minimum Gasteiger partial charge on any atom is -0.309 e. The standard InChI is InChI=1S/C15H23ClN2/c1-11(18(3)15-8-9-15)10-17-12(2)13-4-6-14(16)7-5-13/h4-7,11-12,15,17H,8-10H2,1-3H3. The Labute approximate surface area is 115 Å². The smallest absolute Gasteiger partial charge is 0.0406 e. The lowest BCUT2D eigenvalue weighted by atomic mass is 10.1. The monoisotopic (exact) mass is 266 g/mol. The maximum absolute atomic E-state index is 5.90. The van der Waals surface area contributed by atoms with Crippen LogP contribution in [0.25, 0.3) is 0 Å². The van der Waals surface area contributed by atoms with Crippen LogP contribution >= 0.6 is 11.6 Å². The number of nitrogens with one attached hydrogen (secondary N) is 1. The molecular formula is C15H23ClN2. The van der Waals surface area contributed by atoms with Crippen molar-refractivity contribution in [1.29, 1.82) is 0 Å². The summed E-state index contributed by atoms with van der Waals surface area (Å²) in [6, 6.07) is 9.88. The van der Waals surface area contributed by atoms with Crippen molar-refractivity contribution in [3.05, 3.63) is 34.9 Å². The fraction of sp³-hybridized carbons (Fsp3) is 0.600. The number of rotatable bonds is 6. The maximum atomic E-state index is 5.90. The van der Waals surface area contributed by atoms with Crippen LogP contribution in [-0.2, 0) is 0 Å². The second kappa shape index (κ2) is 6.05. The van der Waals surface area contributed by atoms with E-state index in [2.05, 4.69) is 43.2 Å². The largest absolute Gasteiger partial charge is 0.309 e. The van der Waals surface area contributed by atoms with Gasteiger partial charge in [0.25, 0.3) is 0 Å². The van der Waals surface area contributed by atoms with Crippen molar-refractivity contribution >= 4 is 11.6 Å². The third-order valence-electron chi connectivity index (χ3n) is 3.91. The molecule has 2 nitrogen and oxygen atoms in total. The Morgan fingerprint density at radius 1 is 1.28 bits per heavy atom. The van der Waals surface area contributed by atoms with E-state index in [1.807, 2.05) is 12.1 Å². The first-order valence-electron chi connectivity index (χ1n) is 6.78. The normalized spacial score (nSPS) is 18.9. The highest BCUT2D eigenvalue weighted by molar-refractivity contribution is 6.30. The third-order valence-corrected chi connectivity index (χ3v) is 4.16. The molecule has 0 bridgehead atoms. The molecule has 1 aromatic rings. The molecule has 0 heterocycles. The van der Waals surface area contributed by atoms with Gasteiger partial charge in [-0.1, -0.05) is 23.7 Å². The summed E-state index contributed by atoms with van der Waals surface area (Å²) in [5.74, 6) is 0. The molecule has 0 amide bonds. The van der Waals surface area contributed by atoms with Gasteiger partial charge < -0.3 is 5.32 Å². The van der Waals surface area contributed by atoms with E-state index in [1.165, 1.54) is 18.4 Å². The van der Waals surface area contributed by atoms with Crippen LogP contribution in [0.15, 0.2) is 24.3 Å². The van der Waals surface area contributed by atoms with Crippen LogP contribution in [0.3, 0.4) is 0 Å². The van der Waals surface area contributed by atoms with Crippen molar-refractivity contribution in [3.8, 4) is 0 Å². The van der Waals surface area contributed by atoms with Gasteiger partial charge in [0.15, 0.2) is 0 Å². The molecule has 1 aliphatic carbocycles. The lowest BCUT2D eigenvalue weighted by molar-refractivity contribution is 0.237. The van der Waals surface area contributed by atoms with Gasteiger partial charge >= 0.3 is 0 Å². The molecule has 0 aliphatic heterocycles. The molecule has 100 valence electrons. The Hall–Kier alpha value is -0.570. The van der Waals surface area contributed by atoms with Crippen LogP contribution in [0.1, 0.15) is 38.3 Å². The van der Waals surface area contributed by atoms with Crippen LogP contribution < -0.4 is 5.32 Å². The van der Waals surface area contributed by atoms with Gasteiger partial charge in [0.05, 0.1) is 0 Å². The Kier molecular flexibility index (Phi) is 4.66. The van der Waals surface area contributed by atoms with Crippen LogP contribution in [0.2, 0.25) is 5.02 Å². The van der Waals surface area contributed by atoms with Gasteiger partial charge in [-0.25, -0.2) is 0 Å². The molecule has 1 aromatic carbocycles. The Morgan fingerprint density at radius 3 is 2.44 bits per heavy atom. The number of halogens is 1. The summed E-state index contributed by atoms with van der Waals surface area (Å²) in [4.78, 5) is 2.49. The van der Waals surface area contributed by atoms with Gasteiger partial charge in [0.2, 0.25) is 0 Å². The van der Waals surface area contributed by atoms with E-state index in [0.29, 0.717) is 12.1 Å². The number of nitrogens with zero attached hydrogens (tertiary/aromatic N) is 1. The molecule has 0 saturated heterocycles. The fourth-order valence-electron chi connectivity index (χ4n) is 2.20. The molecule has 2 rings (SSSR count). The van der Waals surface area contributed by atoms with E-state index in [4.69, 9.17) is 11.6 Å². The topological polar surface area (TPSA) is 15.3 Å². The zero-order valence-corrected chi connectivity index (χ0v) is 12.2. The highest BCUT2D eigenvalue weighted by Crippen LogP contribution is 2.26. The fourth-order valence-corrected chi connectivity index (χ4v) is 2.33. The van der Waals surface area contributed by atoms with Crippen molar-refractivity contribution in [3.63, 3.8) is 0 Å². The molecule has 3 heteroatoms. The molecule has 0 radical (unpaired) electrons. The van der Waals surface area contributed by atoms with E-state index < -0.39 is 0 Å². The van der Waals surface area contributed by atoms with Gasteiger partial charge in [-0.2, -0.15) is 0 Å². The third kappa shape index (κ3) is 3.71. The van der Waals surface area contributed by atoms with Gasteiger partial charge in [0.1, 0.15) is 0 Å². The summed E-state index contributed by atoms with van der Waals surface area (Å²) in [5.41, 5.74) is 1.29. The van der Waals surface area contributed by atoms with Crippen molar-refractivity contribution in [2.75, 3.05) is 13.6 Å². The Morgan fingerprint density at radius 2 is 1.89 bits per heavy atom. The molecule has 0 aromatic heterocycles. The van der Waals surface area contributed by atoms with E-state index in [1.54, 1.807) is 0 Å². The second-order valence-corrected chi connectivity index (χ2v) is 5.86. The van der Waals surface area contributed by atoms with Crippen molar-refractivity contribution in [2.24, 2.45) is 0 Å². The molecule has 1 saturated carbocycles. The van der Waals surface area contributed by atoms with Crippen molar-refractivity contribution in [1.82, 2.24) is 10.2 Å². The van der Waals surface area contributed by atoms with Gasteiger partial charge in [-0.05, 0) is 51.4 Å². The first-order chi connectivity index (χ1) is 8.58. The average molecular weight is 267 g/mol. The van der Waals surface area contributed by atoms with Crippen LogP contribution in [-0.4, -0.2) is 30.6 Å².